The minimum Gasteiger partial charge on any atom is -0.496 e. The second-order valence-corrected chi connectivity index (χ2v) is 8.28. The number of carbonyl (C=O) groups excluding carboxylic acids is 1. The lowest BCUT2D eigenvalue weighted by atomic mass is 10.1. The second-order valence-electron chi connectivity index (χ2n) is 8.28. The van der Waals surface area contributed by atoms with Crippen molar-refractivity contribution < 1.29 is 13.9 Å². The fourth-order valence-electron chi connectivity index (χ4n) is 4.09. The van der Waals surface area contributed by atoms with Crippen LogP contribution in [0.15, 0.2) is 54.6 Å². The lowest BCUT2D eigenvalue weighted by Gasteiger charge is -2.17. The molecular weight excluding hydrogens is 433 g/mol. The number of ether oxygens (including phenoxy) is 1. The molecule has 1 aliphatic heterocycles. The minimum absolute atomic E-state index is 0.0878. The number of aromatic nitrogens is 3. The van der Waals surface area contributed by atoms with Gasteiger partial charge in [0.1, 0.15) is 23.2 Å². The molecule has 1 aromatic heterocycles. The van der Waals surface area contributed by atoms with Crippen LogP contribution >= 0.6 is 0 Å². The van der Waals surface area contributed by atoms with Gasteiger partial charge in [0.05, 0.1) is 13.5 Å². The third-order valence-corrected chi connectivity index (χ3v) is 5.94. The number of hydrogen-bond acceptors (Lipinski definition) is 5. The van der Waals surface area contributed by atoms with E-state index >= 15 is 0 Å². The first kappa shape index (κ1) is 23.6. The second kappa shape index (κ2) is 11.6. The Morgan fingerprint density at radius 3 is 2.76 bits per heavy atom. The first-order valence-electron chi connectivity index (χ1n) is 11.6. The molecule has 2 heterocycles. The molecule has 7 nitrogen and oxygen atoms in total. The van der Waals surface area contributed by atoms with Gasteiger partial charge in [0, 0.05) is 51.1 Å². The van der Waals surface area contributed by atoms with Crippen molar-refractivity contribution in [3.8, 4) is 5.75 Å². The summed E-state index contributed by atoms with van der Waals surface area (Å²) in [6.07, 6.45) is 5.96. The lowest BCUT2D eigenvalue weighted by molar-refractivity contribution is -0.120. The lowest BCUT2D eigenvalue weighted by Crippen LogP contribution is -2.29. The predicted molar refractivity (Wildman–Crippen MR) is 129 cm³/mol. The van der Waals surface area contributed by atoms with Gasteiger partial charge < -0.3 is 14.6 Å². The summed E-state index contributed by atoms with van der Waals surface area (Å²) in [5.74, 6) is 2.36. The Kier molecular flexibility index (Phi) is 8.04. The molecule has 178 valence electrons. The van der Waals surface area contributed by atoms with Crippen LogP contribution in [-0.2, 0) is 30.6 Å². The van der Waals surface area contributed by atoms with E-state index in [-0.39, 0.29) is 18.1 Å². The van der Waals surface area contributed by atoms with Crippen molar-refractivity contribution in [1.29, 1.82) is 0 Å². The molecule has 0 unspecified atom stereocenters. The molecule has 0 atom stereocenters. The smallest absolute Gasteiger partial charge is 0.224 e. The Morgan fingerprint density at radius 2 is 1.94 bits per heavy atom. The van der Waals surface area contributed by atoms with Crippen molar-refractivity contribution in [2.45, 2.75) is 25.8 Å². The summed E-state index contributed by atoms with van der Waals surface area (Å²) in [5.41, 5.74) is 1.86. The molecule has 1 N–H and O–H groups in total. The number of hydrogen-bond donors (Lipinski definition) is 1. The molecule has 0 spiro atoms. The summed E-state index contributed by atoms with van der Waals surface area (Å²) in [5, 5.41) is 11.7. The number of carbonyl (C=O) groups is 1. The zero-order valence-electron chi connectivity index (χ0n) is 19.4. The largest absolute Gasteiger partial charge is 0.496 e. The maximum absolute atomic E-state index is 13.0. The maximum Gasteiger partial charge on any atom is 0.224 e. The Bertz CT molecular complexity index is 1130. The molecule has 0 radical (unpaired) electrons. The van der Waals surface area contributed by atoms with E-state index in [1.807, 2.05) is 24.3 Å². The van der Waals surface area contributed by atoms with Gasteiger partial charge in [0.15, 0.2) is 0 Å². The van der Waals surface area contributed by atoms with Crippen LogP contribution in [0.1, 0.15) is 22.8 Å². The van der Waals surface area contributed by atoms with Crippen LogP contribution in [0, 0.1) is 5.82 Å². The minimum atomic E-state index is -0.303. The summed E-state index contributed by atoms with van der Waals surface area (Å²) < 4.78 is 20.6. The Labute approximate surface area is 199 Å². The molecule has 2 aromatic carbocycles. The van der Waals surface area contributed by atoms with Gasteiger partial charge >= 0.3 is 0 Å². The summed E-state index contributed by atoms with van der Waals surface area (Å²) in [7, 11) is 1.69. The van der Waals surface area contributed by atoms with Gasteiger partial charge in [0.2, 0.25) is 5.91 Å². The number of benzene rings is 2. The Hall–Kier alpha value is -3.52. The molecule has 4 rings (SSSR count). The van der Waals surface area contributed by atoms with Crippen LogP contribution < -0.4 is 10.1 Å². The molecule has 3 aromatic rings. The third kappa shape index (κ3) is 6.29. The number of nitrogens with one attached hydrogen (secondary N) is 1. The van der Waals surface area contributed by atoms with E-state index in [1.54, 1.807) is 19.2 Å². The number of nitrogens with zero attached hydrogens (tertiary/aromatic N) is 4. The maximum atomic E-state index is 13.0. The van der Waals surface area contributed by atoms with Gasteiger partial charge in [-0.25, -0.2) is 4.39 Å². The average Bonchev–Trinajstić information content (AvgIpc) is 3.11. The van der Waals surface area contributed by atoms with Gasteiger partial charge in [-0.1, -0.05) is 42.5 Å². The van der Waals surface area contributed by atoms with E-state index in [2.05, 4.69) is 37.1 Å². The monoisotopic (exact) mass is 463 g/mol. The Morgan fingerprint density at radius 1 is 1.12 bits per heavy atom. The normalized spacial score (nSPS) is 14.1. The number of fused-ring (bicyclic) bond motifs is 1. The first-order valence-corrected chi connectivity index (χ1v) is 11.6. The topological polar surface area (TPSA) is 72.3 Å². The van der Waals surface area contributed by atoms with Gasteiger partial charge in [-0.2, -0.15) is 0 Å². The highest BCUT2D eigenvalue weighted by atomic mass is 19.1. The van der Waals surface area contributed by atoms with Crippen LogP contribution in [0.5, 0.6) is 5.75 Å². The van der Waals surface area contributed by atoms with E-state index in [0.717, 1.165) is 61.1 Å². The zero-order chi connectivity index (χ0) is 23.8. The predicted octanol–water partition coefficient (Wildman–Crippen LogP) is 2.90. The fourth-order valence-corrected chi connectivity index (χ4v) is 4.09. The van der Waals surface area contributed by atoms with Crippen LogP contribution in [0.3, 0.4) is 0 Å². The summed E-state index contributed by atoms with van der Waals surface area (Å²) in [6.45, 7) is 3.99. The highest BCUT2D eigenvalue weighted by Crippen LogP contribution is 2.19. The van der Waals surface area contributed by atoms with Crippen molar-refractivity contribution in [2.75, 3.05) is 33.3 Å². The molecule has 0 saturated carbocycles. The van der Waals surface area contributed by atoms with Crippen LogP contribution in [-0.4, -0.2) is 58.9 Å². The molecule has 0 bridgehead atoms. The zero-order valence-corrected chi connectivity index (χ0v) is 19.4. The number of amides is 1. The average molecular weight is 464 g/mol. The summed E-state index contributed by atoms with van der Waals surface area (Å²) >= 11 is 0. The molecule has 0 aliphatic carbocycles. The Balaban J connectivity index is 1.25. The van der Waals surface area contributed by atoms with E-state index in [4.69, 9.17) is 4.74 Å². The van der Waals surface area contributed by atoms with Crippen molar-refractivity contribution in [3.63, 3.8) is 0 Å². The summed E-state index contributed by atoms with van der Waals surface area (Å²) in [4.78, 5) is 14.6. The molecule has 0 fully saturated rings. The molecule has 0 saturated heterocycles. The van der Waals surface area contributed by atoms with Crippen LogP contribution in [0.4, 0.5) is 4.39 Å². The SMILES string of the molecule is COc1ccccc1C=CCN1CCc2nnc(CCNC(=O)Cc3ccc(F)cc3)n2CC1. The van der Waals surface area contributed by atoms with Crippen molar-refractivity contribution in [1.82, 2.24) is 25.0 Å². The van der Waals surface area contributed by atoms with Crippen molar-refractivity contribution >= 4 is 12.0 Å². The van der Waals surface area contributed by atoms with E-state index in [0.29, 0.717) is 13.0 Å². The highest BCUT2D eigenvalue weighted by molar-refractivity contribution is 5.78. The van der Waals surface area contributed by atoms with Crippen molar-refractivity contribution in [3.05, 3.63) is 83.2 Å². The standard InChI is InChI=1S/C26H30FN5O2/c1-34-23-7-3-2-5-21(23)6-4-15-31-16-13-25-30-29-24(32(25)18-17-31)12-14-28-26(33)19-20-8-10-22(27)11-9-20/h2-11H,12-19H2,1H3,(H,28,33). The molecular formula is C26H30FN5O2. The van der Waals surface area contributed by atoms with Crippen LogP contribution in [0.25, 0.3) is 6.08 Å². The fraction of sp³-hybridized carbons (Fsp3) is 0.346. The van der Waals surface area contributed by atoms with E-state index in [9.17, 15) is 9.18 Å². The molecule has 1 aliphatic rings. The summed E-state index contributed by atoms with van der Waals surface area (Å²) in [6, 6.07) is 14.0. The number of methoxy groups -OCH3 is 1. The van der Waals surface area contributed by atoms with Gasteiger partial charge in [-0.05, 0) is 23.8 Å². The first-order chi connectivity index (χ1) is 16.6. The van der Waals surface area contributed by atoms with Gasteiger partial charge in [-0.3, -0.25) is 9.69 Å². The number of rotatable bonds is 9. The van der Waals surface area contributed by atoms with Crippen LogP contribution in [0.2, 0.25) is 0 Å². The number of para-hydroxylation sites is 1. The molecule has 1 amide bonds. The molecule has 8 heteroatoms. The molecule has 34 heavy (non-hydrogen) atoms. The van der Waals surface area contributed by atoms with Crippen molar-refractivity contribution in [2.24, 2.45) is 0 Å². The van der Waals surface area contributed by atoms with Gasteiger partial charge in [-0.15, -0.1) is 10.2 Å². The highest BCUT2D eigenvalue weighted by Gasteiger charge is 2.18. The number of halogens is 1. The van der Waals surface area contributed by atoms with Gasteiger partial charge in [0.25, 0.3) is 0 Å². The van der Waals surface area contributed by atoms with E-state index < -0.39 is 0 Å². The third-order valence-electron chi connectivity index (χ3n) is 5.94. The van der Waals surface area contributed by atoms with E-state index in [1.165, 1.54) is 12.1 Å². The quantitative estimate of drug-likeness (QED) is 0.528.